The Morgan fingerprint density at radius 3 is 2.16 bits per heavy atom. The van der Waals surface area contributed by atoms with Crippen LogP contribution in [0.25, 0.3) is 0 Å². The highest BCUT2D eigenvalue weighted by molar-refractivity contribution is 7.14. The smallest absolute Gasteiger partial charge is 0.407 e. The fourth-order valence-electron chi connectivity index (χ4n) is 6.13. The lowest BCUT2D eigenvalue weighted by atomic mass is 10.2. The van der Waals surface area contributed by atoms with E-state index in [9.17, 15) is 19.7 Å². The molecule has 0 bridgehead atoms. The Bertz CT molecular complexity index is 1690. The van der Waals surface area contributed by atoms with E-state index < -0.39 is 19.3 Å². The Kier molecular flexibility index (Phi) is 11.2. The van der Waals surface area contributed by atoms with Crippen molar-refractivity contribution in [2.45, 2.75) is 57.9 Å². The quantitative estimate of drug-likeness (QED) is 0.109. The molecular formula is C36H43N5O6SSi. The van der Waals surface area contributed by atoms with Gasteiger partial charge in [0.25, 0.3) is 19.9 Å². The van der Waals surface area contributed by atoms with Crippen molar-refractivity contribution in [3.05, 3.63) is 112 Å². The lowest BCUT2D eigenvalue weighted by Crippen LogP contribution is -2.70. The van der Waals surface area contributed by atoms with Gasteiger partial charge >= 0.3 is 6.09 Å². The molecule has 1 atom stereocenters. The highest BCUT2D eigenvalue weighted by Crippen LogP contribution is 2.39. The number of aromatic nitrogens is 1. The number of hydrogen-bond donors (Lipinski definition) is 1. The van der Waals surface area contributed by atoms with E-state index in [1.807, 2.05) is 19.1 Å². The number of benzene rings is 3. The molecule has 49 heavy (non-hydrogen) atoms. The highest BCUT2D eigenvalue weighted by Gasteiger charge is 2.52. The third-order valence-electron chi connectivity index (χ3n) is 8.93. The average Bonchev–Trinajstić information content (AvgIpc) is 3.57. The maximum Gasteiger partial charge on any atom is 0.407 e. The van der Waals surface area contributed by atoms with Crippen LogP contribution in [0.15, 0.2) is 90.3 Å². The first kappa shape index (κ1) is 35.7. The molecule has 4 aromatic rings. The van der Waals surface area contributed by atoms with Crippen LogP contribution in [-0.4, -0.2) is 74.0 Å². The number of non-ortho nitro benzene ring substituents is 1. The van der Waals surface area contributed by atoms with Crippen molar-refractivity contribution in [1.29, 1.82) is 0 Å². The average molecular weight is 702 g/mol. The molecule has 258 valence electrons. The van der Waals surface area contributed by atoms with E-state index in [0.29, 0.717) is 30.8 Å². The van der Waals surface area contributed by atoms with Gasteiger partial charge in [0.05, 0.1) is 11.0 Å². The minimum atomic E-state index is -2.67. The van der Waals surface area contributed by atoms with Crippen LogP contribution in [-0.2, 0) is 15.8 Å². The lowest BCUT2D eigenvalue weighted by molar-refractivity contribution is -0.384. The van der Waals surface area contributed by atoms with Crippen molar-refractivity contribution in [3.63, 3.8) is 0 Å². The number of rotatable bonds is 13. The van der Waals surface area contributed by atoms with Crippen LogP contribution >= 0.6 is 11.3 Å². The second-order valence-corrected chi connectivity index (χ2v) is 18.3. The van der Waals surface area contributed by atoms with E-state index in [1.165, 1.54) is 33.8 Å². The standard InChI is InChI=1S/C36H43N5O6SSi/c1-6-27(21-37-35(43)46-24-26-17-19-28(20-18-26)41(44)45)39(5)33(42)32-25-48-34(38-32)40-22-29(23-40)47-49(36(2,3)4,30-13-9-7-10-14-30)31-15-11-8-12-16-31/h7-20,25,27,29H,6,21-24H2,1-5H3,(H,37,43). The molecule has 5 rings (SSSR count). The third-order valence-corrected chi connectivity index (χ3v) is 14.9. The zero-order valence-electron chi connectivity index (χ0n) is 28.5. The molecule has 0 spiro atoms. The number of ether oxygens (including phenoxy) is 1. The van der Waals surface area contributed by atoms with Gasteiger partial charge in [-0.05, 0) is 39.5 Å². The van der Waals surface area contributed by atoms with Crippen molar-refractivity contribution in [1.82, 2.24) is 15.2 Å². The van der Waals surface area contributed by atoms with E-state index in [4.69, 9.17) is 14.1 Å². The Morgan fingerprint density at radius 2 is 1.63 bits per heavy atom. The molecule has 0 radical (unpaired) electrons. The van der Waals surface area contributed by atoms with Crippen LogP contribution in [0, 0.1) is 10.1 Å². The Balaban J connectivity index is 1.17. The maximum absolute atomic E-state index is 13.4. The molecular weight excluding hydrogens is 659 g/mol. The highest BCUT2D eigenvalue weighted by atomic mass is 32.1. The van der Waals surface area contributed by atoms with E-state index in [2.05, 4.69) is 79.5 Å². The van der Waals surface area contributed by atoms with Gasteiger partial charge < -0.3 is 24.3 Å². The molecule has 2 amide bonds. The molecule has 3 aromatic carbocycles. The van der Waals surface area contributed by atoms with Gasteiger partial charge in [-0.25, -0.2) is 9.78 Å². The summed E-state index contributed by atoms with van der Waals surface area (Å²) >= 11 is 1.44. The summed E-state index contributed by atoms with van der Waals surface area (Å²) in [4.78, 5) is 44.6. The van der Waals surface area contributed by atoms with Crippen LogP contribution in [0.4, 0.5) is 15.6 Å². The summed E-state index contributed by atoms with van der Waals surface area (Å²) in [5.41, 5.74) is 0.953. The van der Waals surface area contributed by atoms with Crippen molar-refractivity contribution in [2.24, 2.45) is 0 Å². The normalized spacial score (nSPS) is 14.1. The molecule has 1 unspecified atom stereocenters. The van der Waals surface area contributed by atoms with Gasteiger partial charge in [-0.1, -0.05) is 88.4 Å². The molecule has 0 saturated carbocycles. The van der Waals surface area contributed by atoms with Crippen LogP contribution in [0.5, 0.6) is 0 Å². The number of nitrogens with one attached hydrogen (secondary N) is 1. The second-order valence-electron chi connectivity index (χ2n) is 13.2. The second kappa shape index (κ2) is 15.3. The van der Waals surface area contributed by atoms with E-state index >= 15 is 0 Å². The molecule has 11 nitrogen and oxygen atoms in total. The predicted octanol–water partition coefficient (Wildman–Crippen LogP) is 5.59. The van der Waals surface area contributed by atoms with Gasteiger partial charge in [-0.2, -0.15) is 0 Å². The summed E-state index contributed by atoms with van der Waals surface area (Å²) in [6, 6.07) is 26.7. The van der Waals surface area contributed by atoms with Gasteiger partial charge in [0.1, 0.15) is 12.3 Å². The summed E-state index contributed by atoms with van der Waals surface area (Å²) in [6.45, 7) is 10.3. The number of nitro groups is 1. The monoisotopic (exact) mass is 701 g/mol. The van der Waals surface area contributed by atoms with Gasteiger partial charge in [0.15, 0.2) is 5.13 Å². The summed E-state index contributed by atoms with van der Waals surface area (Å²) in [6.07, 6.45) is -0.0103. The molecule has 2 heterocycles. The molecule has 1 N–H and O–H groups in total. The topological polar surface area (TPSA) is 127 Å². The van der Waals surface area contributed by atoms with Crippen LogP contribution in [0.2, 0.25) is 5.04 Å². The Hall–Kier alpha value is -4.59. The van der Waals surface area contributed by atoms with Crippen molar-refractivity contribution < 1.29 is 23.7 Å². The first-order valence-corrected chi connectivity index (χ1v) is 19.1. The number of carbonyl (C=O) groups is 2. The Morgan fingerprint density at radius 1 is 1.04 bits per heavy atom. The number of alkyl carbamates (subject to hydrolysis) is 1. The molecule has 0 aliphatic carbocycles. The zero-order valence-corrected chi connectivity index (χ0v) is 30.3. The molecule has 1 fully saturated rings. The van der Waals surface area contributed by atoms with Gasteiger partial charge in [-0.3, -0.25) is 14.9 Å². The largest absolute Gasteiger partial charge is 0.445 e. The number of amides is 2. The lowest BCUT2D eigenvalue weighted by Gasteiger charge is -2.49. The number of nitro benzene ring substituents is 1. The van der Waals surface area contributed by atoms with Crippen LogP contribution in [0.3, 0.4) is 0 Å². The van der Waals surface area contributed by atoms with Crippen molar-refractivity contribution in [3.8, 4) is 0 Å². The number of hydrogen-bond acceptors (Lipinski definition) is 9. The molecule has 1 saturated heterocycles. The van der Waals surface area contributed by atoms with E-state index in [-0.39, 0.29) is 41.9 Å². The van der Waals surface area contributed by atoms with Gasteiger partial charge in [0, 0.05) is 50.2 Å². The number of thiazole rings is 1. The predicted molar refractivity (Wildman–Crippen MR) is 194 cm³/mol. The van der Waals surface area contributed by atoms with E-state index in [1.54, 1.807) is 29.5 Å². The number of carbonyl (C=O) groups excluding carboxylic acids is 2. The maximum atomic E-state index is 13.4. The first-order chi connectivity index (χ1) is 23.4. The Labute approximate surface area is 292 Å². The van der Waals surface area contributed by atoms with Crippen molar-refractivity contribution in [2.75, 3.05) is 31.6 Å². The van der Waals surface area contributed by atoms with Gasteiger partial charge in [-0.15, -0.1) is 11.3 Å². The summed E-state index contributed by atoms with van der Waals surface area (Å²) < 4.78 is 12.5. The first-order valence-electron chi connectivity index (χ1n) is 16.3. The minimum absolute atomic E-state index is 0.0211. The molecule has 1 aliphatic heterocycles. The van der Waals surface area contributed by atoms with Crippen molar-refractivity contribution >= 4 is 52.8 Å². The minimum Gasteiger partial charge on any atom is -0.445 e. The fourth-order valence-corrected chi connectivity index (χ4v) is 11.6. The third kappa shape index (κ3) is 8.01. The molecule has 13 heteroatoms. The summed E-state index contributed by atoms with van der Waals surface area (Å²) in [5.74, 6) is -0.226. The molecule has 1 aromatic heterocycles. The molecule has 1 aliphatic rings. The summed E-state index contributed by atoms with van der Waals surface area (Å²) in [5, 5.41) is 18.5. The zero-order chi connectivity index (χ0) is 35.2. The van der Waals surface area contributed by atoms with E-state index in [0.717, 1.165) is 5.13 Å². The number of nitrogens with zero attached hydrogens (tertiary/aromatic N) is 4. The SMILES string of the molecule is CCC(CNC(=O)OCc1ccc([N+](=O)[O-])cc1)N(C)C(=O)c1csc(N2CC(O[Si](c3ccccc3)(c3ccccc3)C(C)(C)C)C2)n1. The van der Waals surface area contributed by atoms with Gasteiger partial charge in [0.2, 0.25) is 0 Å². The number of likely N-dealkylation sites (N-methyl/N-ethyl adjacent to an activating group) is 1. The fraction of sp³-hybridized carbons (Fsp3) is 0.361. The number of anilines is 1. The van der Waals surface area contributed by atoms with Crippen LogP contribution < -0.4 is 20.6 Å². The summed E-state index contributed by atoms with van der Waals surface area (Å²) in [7, 11) is -0.962. The van der Waals surface area contributed by atoms with Crippen LogP contribution in [0.1, 0.15) is 50.2 Å².